The van der Waals surface area contributed by atoms with Crippen molar-refractivity contribution in [3.05, 3.63) is 80.9 Å². The van der Waals surface area contributed by atoms with E-state index < -0.39 is 0 Å². The molecule has 0 aliphatic heterocycles. The first kappa shape index (κ1) is 17.3. The minimum atomic E-state index is -0.0326. The number of rotatable bonds is 5. The molecule has 1 fully saturated rings. The molecule has 0 bridgehead atoms. The highest BCUT2D eigenvalue weighted by Gasteiger charge is 2.33. The van der Waals surface area contributed by atoms with Gasteiger partial charge in [-0.25, -0.2) is 4.98 Å². The maximum Gasteiger partial charge on any atom is 0.258 e. The Bertz CT molecular complexity index is 1010. The molecular weight excluding hydrogens is 346 g/mol. The van der Waals surface area contributed by atoms with Gasteiger partial charge in [-0.15, -0.1) is 0 Å². The first-order valence-electron chi connectivity index (χ1n) is 9.02. The summed E-state index contributed by atoms with van der Waals surface area (Å²) in [4.78, 5) is 19.6. The number of aryl methyl sites for hydroxylation is 1. The molecule has 1 aliphatic rings. The molecule has 26 heavy (non-hydrogen) atoms. The number of nitrogens with zero attached hydrogens (tertiary/aromatic N) is 3. The number of fused-ring (bicyclic) bond motifs is 1. The molecule has 2 aromatic heterocycles. The molecule has 0 spiro atoms. The van der Waals surface area contributed by atoms with Crippen LogP contribution in [0.3, 0.4) is 0 Å². The van der Waals surface area contributed by atoms with E-state index in [9.17, 15) is 4.79 Å². The standard InChI is InChI=1S/C21H22ClN3O/c1-14-7-10-20-23-16(11-21(26)25(20)12-14)13-24(17-8-9-17)15(2)18-5-3-4-6-19(18)22/h3-7,10-12,15,17H,8-9,13H2,1-2H3/t15-/m1/s1. The van der Waals surface area contributed by atoms with Crippen LogP contribution in [0.1, 0.15) is 42.6 Å². The van der Waals surface area contributed by atoms with Crippen molar-refractivity contribution in [2.24, 2.45) is 0 Å². The predicted octanol–water partition coefficient (Wildman–Crippen LogP) is 4.38. The fourth-order valence-corrected chi connectivity index (χ4v) is 3.80. The third kappa shape index (κ3) is 3.39. The van der Waals surface area contributed by atoms with Gasteiger partial charge in [0, 0.05) is 35.9 Å². The van der Waals surface area contributed by atoms with Gasteiger partial charge < -0.3 is 0 Å². The summed E-state index contributed by atoms with van der Waals surface area (Å²) in [5, 5.41) is 0.785. The van der Waals surface area contributed by atoms with Crippen LogP contribution in [0, 0.1) is 6.92 Å². The highest BCUT2D eigenvalue weighted by molar-refractivity contribution is 6.31. The highest BCUT2D eigenvalue weighted by Crippen LogP contribution is 2.37. The van der Waals surface area contributed by atoms with Crippen LogP contribution >= 0.6 is 11.6 Å². The predicted molar refractivity (Wildman–Crippen MR) is 105 cm³/mol. The number of pyridine rings is 1. The monoisotopic (exact) mass is 367 g/mol. The molecule has 2 heterocycles. The Morgan fingerprint density at radius 1 is 1.27 bits per heavy atom. The maximum atomic E-state index is 12.5. The number of hydrogen-bond donors (Lipinski definition) is 0. The van der Waals surface area contributed by atoms with Crippen molar-refractivity contribution in [2.75, 3.05) is 0 Å². The lowest BCUT2D eigenvalue weighted by molar-refractivity contribution is 0.188. The summed E-state index contributed by atoms with van der Waals surface area (Å²) in [5.41, 5.74) is 3.63. The van der Waals surface area contributed by atoms with Crippen LogP contribution in [0.2, 0.25) is 5.02 Å². The van der Waals surface area contributed by atoms with Gasteiger partial charge in [-0.3, -0.25) is 14.1 Å². The number of aromatic nitrogens is 2. The third-order valence-corrected chi connectivity index (χ3v) is 5.42. The van der Waals surface area contributed by atoms with Crippen LogP contribution in [-0.4, -0.2) is 20.3 Å². The van der Waals surface area contributed by atoms with Crippen molar-refractivity contribution in [3.8, 4) is 0 Å². The molecule has 4 nitrogen and oxygen atoms in total. The molecule has 1 saturated carbocycles. The zero-order valence-electron chi connectivity index (χ0n) is 15.0. The SMILES string of the molecule is Cc1ccc2nc(CN(C3CC3)[C@H](C)c3ccccc3Cl)cc(=O)n2c1. The van der Waals surface area contributed by atoms with E-state index in [1.807, 2.05) is 43.5 Å². The molecular formula is C21H22ClN3O. The second-order valence-corrected chi connectivity index (χ2v) is 7.53. The average Bonchev–Trinajstić information content (AvgIpc) is 3.45. The molecule has 0 amide bonds. The second-order valence-electron chi connectivity index (χ2n) is 7.12. The lowest BCUT2D eigenvalue weighted by atomic mass is 10.1. The van der Waals surface area contributed by atoms with Crippen LogP contribution < -0.4 is 5.56 Å². The van der Waals surface area contributed by atoms with Crippen molar-refractivity contribution >= 4 is 17.2 Å². The highest BCUT2D eigenvalue weighted by atomic mass is 35.5. The smallest absolute Gasteiger partial charge is 0.258 e. The van der Waals surface area contributed by atoms with Gasteiger partial charge in [-0.1, -0.05) is 35.9 Å². The van der Waals surface area contributed by atoms with Crippen LogP contribution in [0.5, 0.6) is 0 Å². The summed E-state index contributed by atoms with van der Waals surface area (Å²) in [7, 11) is 0. The quantitative estimate of drug-likeness (QED) is 0.671. The molecule has 134 valence electrons. The van der Waals surface area contributed by atoms with E-state index in [0.717, 1.165) is 21.8 Å². The molecule has 4 rings (SSSR count). The van der Waals surface area contributed by atoms with E-state index >= 15 is 0 Å². The summed E-state index contributed by atoms with van der Waals surface area (Å²) in [6, 6.07) is 14.2. The Labute approximate surface area is 158 Å². The molecule has 0 N–H and O–H groups in total. The molecule has 0 radical (unpaired) electrons. The van der Waals surface area contributed by atoms with E-state index in [1.165, 1.54) is 12.8 Å². The molecule has 1 aliphatic carbocycles. The van der Waals surface area contributed by atoms with Crippen LogP contribution in [0.25, 0.3) is 5.65 Å². The summed E-state index contributed by atoms with van der Waals surface area (Å²) in [6.45, 7) is 4.80. The zero-order chi connectivity index (χ0) is 18.3. The Balaban J connectivity index is 1.67. The lowest BCUT2D eigenvalue weighted by Gasteiger charge is -2.29. The minimum Gasteiger partial charge on any atom is -0.288 e. The van der Waals surface area contributed by atoms with E-state index in [4.69, 9.17) is 16.6 Å². The zero-order valence-corrected chi connectivity index (χ0v) is 15.8. The van der Waals surface area contributed by atoms with E-state index in [2.05, 4.69) is 17.9 Å². The van der Waals surface area contributed by atoms with Crippen LogP contribution in [0.15, 0.2) is 53.5 Å². The van der Waals surface area contributed by atoms with Crippen LogP contribution in [0.4, 0.5) is 0 Å². The summed E-state index contributed by atoms with van der Waals surface area (Å²) >= 11 is 6.41. The van der Waals surface area contributed by atoms with Gasteiger partial charge in [0.15, 0.2) is 0 Å². The fourth-order valence-electron chi connectivity index (χ4n) is 3.51. The molecule has 0 unspecified atom stereocenters. The van der Waals surface area contributed by atoms with Gasteiger partial charge in [0.25, 0.3) is 5.56 Å². The van der Waals surface area contributed by atoms with Crippen molar-refractivity contribution in [3.63, 3.8) is 0 Å². The fraction of sp³-hybridized carbons (Fsp3) is 0.333. The Morgan fingerprint density at radius 2 is 2.04 bits per heavy atom. The van der Waals surface area contributed by atoms with E-state index in [1.54, 1.807) is 10.5 Å². The van der Waals surface area contributed by atoms with Gasteiger partial charge >= 0.3 is 0 Å². The third-order valence-electron chi connectivity index (χ3n) is 5.07. The Morgan fingerprint density at radius 3 is 2.77 bits per heavy atom. The van der Waals surface area contributed by atoms with Crippen molar-refractivity contribution in [2.45, 2.75) is 45.3 Å². The Kier molecular flexibility index (Phi) is 4.55. The molecule has 5 heteroatoms. The van der Waals surface area contributed by atoms with E-state index in [-0.39, 0.29) is 11.6 Å². The van der Waals surface area contributed by atoms with E-state index in [0.29, 0.717) is 18.2 Å². The van der Waals surface area contributed by atoms with Gasteiger partial charge in [0.1, 0.15) is 5.65 Å². The van der Waals surface area contributed by atoms with Crippen molar-refractivity contribution < 1.29 is 0 Å². The average molecular weight is 368 g/mol. The molecule has 1 aromatic carbocycles. The lowest BCUT2D eigenvalue weighted by Crippen LogP contribution is -2.30. The Hall–Kier alpha value is -2.17. The summed E-state index contributed by atoms with van der Waals surface area (Å²) < 4.78 is 1.61. The second kappa shape index (κ2) is 6.86. The maximum absolute atomic E-state index is 12.5. The number of halogens is 1. The molecule has 3 aromatic rings. The molecule has 1 atom stereocenters. The summed E-state index contributed by atoms with van der Waals surface area (Å²) in [6.07, 6.45) is 4.20. The largest absolute Gasteiger partial charge is 0.288 e. The van der Waals surface area contributed by atoms with Gasteiger partial charge in [0.2, 0.25) is 0 Å². The van der Waals surface area contributed by atoms with Gasteiger partial charge in [-0.05, 0) is 49.9 Å². The van der Waals surface area contributed by atoms with Gasteiger partial charge in [0.05, 0.1) is 5.69 Å². The topological polar surface area (TPSA) is 37.6 Å². The van der Waals surface area contributed by atoms with Gasteiger partial charge in [-0.2, -0.15) is 0 Å². The minimum absolute atomic E-state index is 0.0326. The first-order valence-corrected chi connectivity index (χ1v) is 9.40. The summed E-state index contributed by atoms with van der Waals surface area (Å²) in [5.74, 6) is 0. The number of hydrogen-bond acceptors (Lipinski definition) is 3. The first-order chi connectivity index (χ1) is 12.5. The van der Waals surface area contributed by atoms with Crippen molar-refractivity contribution in [1.29, 1.82) is 0 Å². The molecule has 0 saturated heterocycles. The number of benzene rings is 1. The normalized spacial score (nSPS) is 15.5. The van der Waals surface area contributed by atoms with Crippen molar-refractivity contribution in [1.82, 2.24) is 14.3 Å². The van der Waals surface area contributed by atoms with Crippen LogP contribution in [-0.2, 0) is 6.54 Å².